The van der Waals surface area contributed by atoms with E-state index in [1.165, 1.54) is 6.92 Å². The van der Waals surface area contributed by atoms with Crippen LogP contribution >= 0.6 is 23.2 Å². The first kappa shape index (κ1) is 14.6. The molecule has 0 fully saturated rings. The van der Waals surface area contributed by atoms with E-state index in [4.69, 9.17) is 23.2 Å². The molecule has 1 N–H and O–H groups in total. The van der Waals surface area contributed by atoms with E-state index < -0.39 is 0 Å². The number of halogens is 2. The fourth-order valence-electron chi connectivity index (χ4n) is 1.82. The summed E-state index contributed by atoms with van der Waals surface area (Å²) in [4.78, 5) is 23.8. The summed E-state index contributed by atoms with van der Waals surface area (Å²) in [5, 5.41) is 3.31. The molecule has 0 spiro atoms. The molecular weight excluding hydrogens is 297 g/mol. The molecule has 0 aliphatic carbocycles. The van der Waals surface area contributed by atoms with Crippen molar-refractivity contribution in [2.75, 3.05) is 5.32 Å². The smallest absolute Gasteiger partial charge is 0.257 e. The topological polar surface area (TPSA) is 46.2 Å². The van der Waals surface area contributed by atoms with Crippen molar-refractivity contribution in [1.82, 2.24) is 0 Å². The van der Waals surface area contributed by atoms with Crippen molar-refractivity contribution in [3.05, 3.63) is 63.6 Å². The van der Waals surface area contributed by atoms with Crippen molar-refractivity contribution in [3.63, 3.8) is 0 Å². The van der Waals surface area contributed by atoms with Gasteiger partial charge in [-0.2, -0.15) is 0 Å². The Balaban J connectivity index is 2.36. The van der Waals surface area contributed by atoms with E-state index in [-0.39, 0.29) is 17.3 Å². The fraction of sp³-hybridized carbons (Fsp3) is 0.0667. The van der Waals surface area contributed by atoms with Crippen molar-refractivity contribution < 1.29 is 9.59 Å². The summed E-state index contributed by atoms with van der Waals surface area (Å²) in [6.07, 6.45) is 0. The van der Waals surface area contributed by atoms with Crippen LogP contribution in [0.1, 0.15) is 27.6 Å². The Morgan fingerprint density at radius 2 is 1.60 bits per heavy atom. The molecule has 0 aliphatic rings. The zero-order chi connectivity index (χ0) is 14.7. The summed E-state index contributed by atoms with van der Waals surface area (Å²) in [5.74, 6) is -0.606. The highest BCUT2D eigenvalue weighted by Gasteiger charge is 2.15. The highest BCUT2D eigenvalue weighted by molar-refractivity contribution is 6.36. The molecule has 5 heteroatoms. The van der Waals surface area contributed by atoms with Gasteiger partial charge in [-0.25, -0.2) is 0 Å². The Kier molecular flexibility index (Phi) is 4.42. The van der Waals surface area contributed by atoms with Crippen molar-refractivity contribution in [2.45, 2.75) is 6.92 Å². The Labute approximate surface area is 126 Å². The summed E-state index contributed by atoms with van der Waals surface area (Å²) in [7, 11) is 0. The van der Waals surface area contributed by atoms with E-state index in [9.17, 15) is 9.59 Å². The third-order valence-corrected chi connectivity index (χ3v) is 3.38. The molecule has 20 heavy (non-hydrogen) atoms. The lowest BCUT2D eigenvalue weighted by atomic mass is 10.1. The third kappa shape index (κ3) is 3.00. The average Bonchev–Trinajstić information content (AvgIpc) is 2.38. The van der Waals surface area contributed by atoms with Crippen molar-refractivity contribution in [2.24, 2.45) is 0 Å². The van der Waals surface area contributed by atoms with Crippen LogP contribution in [0.4, 0.5) is 5.69 Å². The lowest BCUT2D eigenvalue weighted by molar-refractivity contribution is 0.101. The number of rotatable bonds is 3. The lowest BCUT2D eigenvalue weighted by Gasteiger charge is -2.11. The van der Waals surface area contributed by atoms with E-state index in [0.29, 0.717) is 21.3 Å². The standard InChI is InChI=1S/C15H11Cl2NO2/c1-9(19)14-12(17)7-4-8-13(14)18-15(20)10-5-2-3-6-11(10)16/h2-8H,1H3,(H,18,20). The highest BCUT2D eigenvalue weighted by atomic mass is 35.5. The van der Waals surface area contributed by atoms with Gasteiger partial charge in [-0.3, -0.25) is 9.59 Å². The summed E-state index contributed by atoms with van der Waals surface area (Å²) in [6, 6.07) is 11.6. The number of amides is 1. The van der Waals surface area contributed by atoms with Crippen LogP contribution in [0.3, 0.4) is 0 Å². The summed E-state index contributed by atoms with van der Waals surface area (Å²) < 4.78 is 0. The maximum Gasteiger partial charge on any atom is 0.257 e. The van der Waals surface area contributed by atoms with Gasteiger partial charge < -0.3 is 5.32 Å². The van der Waals surface area contributed by atoms with Gasteiger partial charge in [-0.15, -0.1) is 0 Å². The molecule has 0 aromatic heterocycles. The largest absolute Gasteiger partial charge is 0.321 e. The Bertz CT molecular complexity index is 683. The molecule has 1 amide bonds. The summed E-state index contributed by atoms with van der Waals surface area (Å²) in [6.45, 7) is 1.40. The number of Topliss-reactive ketones (excluding diaryl/α,β-unsaturated/α-hetero) is 1. The van der Waals surface area contributed by atoms with E-state index >= 15 is 0 Å². The minimum absolute atomic E-state index is 0.218. The SMILES string of the molecule is CC(=O)c1c(Cl)cccc1NC(=O)c1ccccc1Cl. The second-order valence-corrected chi connectivity index (χ2v) is 4.97. The van der Waals surface area contributed by atoms with Crippen LogP contribution in [-0.2, 0) is 0 Å². The Morgan fingerprint density at radius 3 is 2.25 bits per heavy atom. The number of carbonyl (C=O) groups is 2. The molecule has 2 rings (SSSR count). The summed E-state index contributed by atoms with van der Waals surface area (Å²) in [5.41, 5.74) is 0.994. The number of anilines is 1. The second-order valence-electron chi connectivity index (χ2n) is 4.15. The quantitative estimate of drug-likeness (QED) is 0.852. The predicted octanol–water partition coefficient (Wildman–Crippen LogP) is 4.45. The maximum absolute atomic E-state index is 12.2. The zero-order valence-electron chi connectivity index (χ0n) is 10.6. The molecule has 2 aromatic carbocycles. The number of hydrogen-bond donors (Lipinski definition) is 1. The van der Waals surface area contributed by atoms with Gasteiger partial charge in [0, 0.05) is 0 Å². The second kappa shape index (κ2) is 6.07. The summed E-state index contributed by atoms with van der Waals surface area (Å²) >= 11 is 12.0. The van der Waals surface area contributed by atoms with Crippen molar-refractivity contribution in [1.29, 1.82) is 0 Å². The molecule has 0 unspecified atom stereocenters. The fourth-order valence-corrected chi connectivity index (χ4v) is 2.35. The zero-order valence-corrected chi connectivity index (χ0v) is 12.1. The first-order chi connectivity index (χ1) is 9.50. The molecule has 0 saturated carbocycles. The molecule has 2 aromatic rings. The molecule has 102 valence electrons. The maximum atomic E-state index is 12.2. The van der Waals surface area contributed by atoms with Crippen LogP contribution in [0.25, 0.3) is 0 Å². The Morgan fingerprint density at radius 1 is 0.950 bits per heavy atom. The van der Waals surface area contributed by atoms with E-state index in [1.807, 2.05) is 0 Å². The van der Waals surface area contributed by atoms with Crippen LogP contribution < -0.4 is 5.32 Å². The number of ketones is 1. The first-order valence-corrected chi connectivity index (χ1v) is 6.61. The Hall–Kier alpha value is -1.84. The minimum Gasteiger partial charge on any atom is -0.321 e. The van der Waals surface area contributed by atoms with Gasteiger partial charge in [0.1, 0.15) is 0 Å². The minimum atomic E-state index is -0.389. The first-order valence-electron chi connectivity index (χ1n) is 5.86. The van der Waals surface area contributed by atoms with Gasteiger partial charge in [0.25, 0.3) is 5.91 Å². The molecular formula is C15H11Cl2NO2. The number of hydrogen-bond acceptors (Lipinski definition) is 2. The van der Waals surface area contributed by atoms with Crippen LogP contribution in [0.15, 0.2) is 42.5 Å². The number of nitrogens with one attached hydrogen (secondary N) is 1. The number of carbonyl (C=O) groups excluding carboxylic acids is 2. The van der Waals surface area contributed by atoms with Gasteiger partial charge in [0.05, 0.1) is 26.9 Å². The third-order valence-electron chi connectivity index (χ3n) is 2.73. The molecule has 0 atom stereocenters. The van der Waals surface area contributed by atoms with Gasteiger partial charge in [-0.05, 0) is 31.2 Å². The normalized spacial score (nSPS) is 10.2. The molecule has 0 saturated heterocycles. The average molecular weight is 308 g/mol. The van der Waals surface area contributed by atoms with Crippen LogP contribution in [-0.4, -0.2) is 11.7 Å². The van der Waals surface area contributed by atoms with Crippen LogP contribution in [0, 0.1) is 0 Å². The molecule has 0 aliphatic heterocycles. The predicted molar refractivity (Wildman–Crippen MR) is 80.9 cm³/mol. The van der Waals surface area contributed by atoms with Gasteiger partial charge in [0.2, 0.25) is 0 Å². The van der Waals surface area contributed by atoms with Crippen molar-refractivity contribution in [3.8, 4) is 0 Å². The van der Waals surface area contributed by atoms with E-state index in [2.05, 4.69) is 5.32 Å². The monoisotopic (exact) mass is 307 g/mol. The molecule has 3 nitrogen and oxygen atoms in total. The van der Waals surface area contributed by atoms with Gasteiger partial charge in [-0.1, -0.05) is 41.4 Å². The molecule has 0 heterocycles. The number of benzene rings is 2. The van der Waals surface area contributed by atoms with E-state index in [1.54, 1.807) is 42.5 Å². The van der Waals surface area contributed by atoms with Crippen LogP contribution in [0.2, 0.25) is 10.0 Å². The van der Waals surface area contributed by atoms with Crippen molar-refractivity contribution >= 4 is 40.6 Å². The van der Waals surface area contributed by atoms with E-state index in [0.717, 1.165) is 0 Å². The molecule has 0 bridgehead atoms. The highest BCUT2D eigenvalue weighted by Crippen LogP contribution is 2.26. The molecule has 0 radical (unpaired) electrons. The lowest BCUT2D eigenvalue weighted by Crippen LogP contribution is -2.15. The van der Waals surface area contributed by atoms with Gasteiger partial charge >= 0.3 is 0 Å². The van der Waals surface area contributed by atoms with Crippen LogP contribution in [0.5, 0.6) is 0 Å². The van der Waals surface area contributed by atoms with Gasteiger partial charge in [0.15, 0.2) is 5.78 Å².